The number of ether oxygens (including phenoxy) is 1. The molecule has 0 saturated carbocycles. The van der Waals surface area contributed by atoms with Gasteiger partial charge in [-0.15, -0.1) is 0 Å². The minimum absolute atomic E-state index is 0.156. The van der Waals surface area contributed by atoms with E-state index in [0.29, 0.717) is 10.9 Å². The zero-order valence-corrected chi connectivity index (χ0v) is 12.5. The van der Waals surface area contributed by atoms with Crippen LogP contribution in [0.2, 0.25) is 0 Å². The highest BCUT2D eigenvalue weighted by molar-refractivity contribution is 5.76. The Balaban J connectivity index is 2.20. The molecule has 2 aromatic rings. The molecule has 0 aromatic carbocycles. The maximum atomic E-state index is 13.1. The Hall–Kier alpha value is -1.96. The van der Waals surface area contributed by atoms with Crippen molar-refractivity contribution >= 4 is 11.2 Å². The fraction of sp³-hybridized carbons (Fsp3) is 0.538. The summed E-state index contributed by atoms with van der Waals surface area (Å²) >= 11 is 0. The molecule has 0 aliphatic carbocycles. The van der Waals surface area contributed by atoms with Crippen molar-refractivity contribution < 1.29 is 46.4 Å². The van der Waals surface area contributed by atoms with E-state index in [1.54, 1.807) is 0 Å². The van der Waals surface area contributed by atoms with Gasteiger partial charge >= 0.3 is 12.4 Å². The molecule has 2 aromatic heterocycles. The van der Waals surface area contributed by atoms with Crippen LogP contribution in [0.15, 0.2) is 12.4 Å². The van der Waals surface area contributed by atoms with Crippen LogP contribution in [-0.2, 0) is 17.1 Å². The monoisotopic (exact) mass is 387 g/mol. The summed E-state index contributed by atoms with van der Waals surface area (Å²) in [5.74, 6) is 0. The number of nitrogens with zero attached hydrogens (tertiary/aromatic N) is 3. The van der Waals surface area contributed by atoms with Gasteiger partial charge in [-0.25, -0.2) is 9.97 Å². The Morgan fingerprint density at radius 3 is 2.23 bits per heavy atom. The van der Waals surface area contributed by atoms with Crippen molar-refractivity contribution in [3.8, 4) is 0 Å². The molecule has 4 atom stereocenters. The highest BCUT2D eigenvalue weighted by Gasteiger charge is 2.45. The van der Waals surface area contributed by atoms with E-state index in [2.05, 4.69) is 9.97 Å². The average Bonchev–Trinajstić information content (AvgIpc) is 3.07. The van der Waals surface area contributed by atoms with Crippen molar-refractivity contribution in [2.75, 3.05) is 6.61 Å². The average molecular weight is 387 g/mol. The van der Waals surface area contributed by atoms with Gasteiger partial charge in [0.05, 0.1) is 18.5 Å². The van der Waals surface area contributed by atoms with Crippen LogP contribution >= 0.6 is 0 Å². The van der Waals surface area contributed by atoms with E-state index >= 15 is 0 Å². The van der Waals surface area contributed by atoms with Gasteiger partial charge in [-0.05, 0) is 6.07 Å². The summed E-state index contributed by atoms with van der Waals surface area (Å²) in [5.41, 5.74) is -5.16. The minimum Gasteiger partial charge on any atom is -0.394 e. The molecule has 7 nitrogen and oxygen atoms in total. The lowest BCUT2D eigenvalue weighted by Gasteiger charge is -2.18. The topological polar surface area (TPSA) is 101 Å². The fourth-order valence-electron chi connectivity index (χ4n) is 2.66. The number of imidazole rings is 1. The summed E-state index contributed by atoms with van der Waals surface area (Å²) in [6, 6.07) is -0.156. The smallest absolute Gasteiger partial charge is 0.394 e. The Kier molecular flexibility index (Phi) is 4.37. The predicted molar refractivity (Wildman–Crippen MR) is 70.5 cm³/mol. The van der Waals surface area contributed by atoms with Crippen molar-refractivity contribution in [2.24, 2.45) is 0 Å². The molecule has 1 fully saturated rings. The molecule has 1 saturated heterocycles. The van der Waals surface area contributed by atoms with E-state index < -0.39 is 65.9 Å². The fourth-order valence-corrected chi connectivity index (χ4v) is 2.66. The lowest BCUT2D eigenvalue weighted by atomic mass is 10.1. The van der Waals surface area contributed by atoms with Gasteiger partial charge in [-0.1, -0.05) is 0 Å². The van der Waals surface area contributed by atoms with Crippen LogP contribution in [0.25, 0.3) is 11.2 Å². The van der Waals surface area contributed by atoms with Gasteiger partial charge in [0, 0.05) is 0 Å². The first-order chi connectivity index (χ1) is 11.9. The van der Waals surface area contributed by atoms with Crippen LogP contribution in [0.4, 0.5) is 26.3 Å². The Bertz CT molecular complexity index is 821. The third-order valence-corrected chi connectivity index (χ3v) is 3.92. The van der Waals surface area contributed by atoms with Crippen LogP contribution in [0.3, 0.4) is 0 Å². The summed E-state index contributed by atoms with van der Waals surface area (Å²) in [6.07, 6.45) is -15.8. The molecule has 0 radical (unpaired) electrons. The van der Waals surface area contributed by atoms with Crippen LogP contribution in [-0.4, -0.2) is 54.8 Å². The molecule has 13 heteroatoms. The number of hydrogen-bond acceptors (Lipinski definition) is 6. The molecule has 1 aliphatic heterocycles. The van der Waals surface area contributed by atoms with E-state index in [1.165, 1.54) is 0 Å². The zero-order chi connectivity index (χ0) is 19.4. The van der Waals surface area contributed by atoms with Gasteiger partial charge < -0.3 is 20.1 Å². The van der Waals surface area contributed by atoms with Gasteiger partial charge in [0.2, 0.25) is 0 Å². The van der Waals surface area contributed by atoms with Crippen LogP contribution in [0.1, 0.15) is 17.5 Å². The van der Waals surface area contributed by atoms with Crippen LogP contribution in [0, 0.1) is 0 Å². The van der Waals surface area contributed by atoms with Gasteiger partial charge in [-0.2, -0.15) is 26.3 Å². The quantitative estimate of drug-likeness (QED) is 0.667. The van der Waals surface area contributed by atoms with Gasteiger partial charge in [0.25, 0.3) is 0 Å². The van der Waals surface area contributed by atoms with Crippen LogP contribution < -0.4 is 0 Å². The first-order valence-corrected chi connectivity index (χ1v) is 7.09. The molecule has 3 heterocycles. The summed E-state index contributed by atoms with van der Waals surface area (Å²) in [4.78, 5) is 6.62. The van der Waals surface area contributed by atoms with Crippen molar-refractivity contribution in [1.82, 2.24) is 14.5 Å². The lowest BCUT2D eigenvalue weighted by molar-refractivity contribution is -0.144. The van der Waals surface area contributed by atoms with E-state index in [-0.39, 0.29) is 6.07 Å². The molecular weight excluding hydrogens is 376 g/mol. The second-order valence-corrected chi connectivity index (χ2v) is 5.60. The van der Waals surface area contributed by atoms with Crippen molar-refractivity contribution in [1.29, 1.82) is 0 Å². The number of pyridine rings is 1. The summed E-state index contributed by atoms with van der Waals surface area (Å²) in [7, 11) is 0. The second kappa shape index (κ2) is 6.04. The number of aliphatic hydroxyl groups is 3. The van der Waals surface area contributed by atoms with Crippen LogP contribution in [0.5, 0.6) is 0 Å². The molecule has 3 rings (SSSR count). The summed E-state index contributed by atoms with van der Waals surface area (Å²) < 4.78 is 84.0. The van der Waals surface area contributed by atoms with E-state index in [4.69, 9.17) is 9.84 Å². The van der Waals surface area contributed by atoms with Gasteiger partial charge in [0.1, 0.15) is 29.5 Å². The van der Waals surface area contributed by atoms with Gasteiger partial charge in [0.15, 0.2) is 11.9 Å². The minimum atomic E-state index is -5.16. The molecule has 144 valence electrons. The Morgan fingerprint density at radius 2 is 1.73 bits per heavy atom. The Labute approximate surface area is 140 Å². The summed E-state index contributed by atoms with van der Waals surface area (Å²) in [6.45, 7) is -0.726. The SMILES string of the molecule is OC[C@H]1O[C@@H](n2cnc3c(C(F)(F)F)cc(C(F)(F)F)nc32)[C@H](O)[C@@H]1O. The number of alkyl halides is 6. The van der Waals surface area contributed by atoms with E-state index in [9.17, 15) is 36.6 Å². The molecule has 26 heavy (non-hydrogen) atoms. The van der Waals surface area contributed by atoms with Crippen molar-refractivity contribution in [2.45, 2.75) is 36.9 Å². The molecule has 3 N–H and O–H groups in total. The third-order valence-electron chi connectivity index (χ3n) is 3.92. The first-order valence-electron chi connectivity index (χ1n) is 7.09. The predicted octanol–water partition coefficient (Wildman–Crippen LogP) is 1.08. The number of fused-ring (bicyclic) bond motifs is 1. The molecule has 0 unspecified atom stereocenters. The molecule has 1 aliphatic rings. The van der Waals surface area contributed by atoms with Crippen molar-refractivity contribution in [3.63, 3.8) is 0 Å². The number of aliphatic hydroxyl groups excluding tert-OH is 3. The van der Waals surface area contributed by atoms with E-state index in [1.807, 2.05) is 0 Å². The number of aromatic nitrogens is 3. The lowest BCUT2D eigenvalue weighted by Crippen LogP contribution is -2.33. The maximum absolute atomic E-state index is 13.1. The highest BCUT2D eigenvalue weighted by Crippen LogP contribution is 2.39. The maximum Gasteiger partial charge on any atom is 0.433 e. The largest absolute Gasteiger partial charge is 0.433 e. The normalized spacial score (nSPS) is 27.4. The Morgan fingerprint density at radius 1 is 1.08 bits per heavy atom. The number of halogens is 6. The number of hydrogen-bond donors (Lipinski definition) is 3. The van der Waals surface area contributed by atoms with E-state index in [0.717, 1.165) is 0 Å². The molecule has 0 amide bonds. The third kappa shape index (κ3) is 3.00. The molecular formula is C13H11F6N3O4. The summed E-state index contributed by atoms with van der Waals surface area (Å²) in [5, 5.41) is 28.7. The highest BCUT2D eigenvalue weighted by atomic mass is 19.4. The zero-order valence-electron chi connectivity index (χ0n) is 12.5. The van der Waals surface area contributed by atoms with Gasteiger partial charge in [-0.3, -0.25) is 4.57 Å². The first kappa shape index (κ1) is 18.8. The number of rotatable bonds is 2. The van der Waals surface area contributed by atoms with Crippen molar-refractivity contribution in [3.05, 3.63) is 23.7 Å². The molecule has 0 bridgehead atoms. The molecule has 0 spiro atoms. The standard InChI is InChI=1S/C13H11F6N3O4/c14-12(15,16)4-1-6(13(17,18)19)21-10-7(4)20-3-22(10)11-9(25)8(24)5(2-23)26-11/h1,3,5,8-9,11,23-25H,2H2/t5-,8-,9-,11-/m1/s1. The second-order valence-electron chi connectivity index (χ2n) is 5.60.